The summed E-state index contributed by atoms with van der Waals surface area (Å²) >= 11 is 0. The fourth-order valence-corrected chi connectivity index (χ4v) is 3.32. The van der Waals surface area contributed by atoms with E-state index in [1.165, 1.54) is 24.3 Å². The molecule has 92 valence electrons. The van der Waals surface area contributed by atoms with Gasteiger partial charge in [0.05, 0.1) is 10.9 Å². The van der Waals surface area contributed by atoms with Crippen molar-refractivity contribution >= 4 is 16.8 Å². The topological polar surface area (TPSA) is 70.2 Å². The van der Waals surface area contributed by atoms with Gasteiger partial charge in [-0.2, -0.15) is 0 Å². The molecule has 17 heavy (non-hydrogen) atoms. The third-order valence-electron chi connectivity index (χ3n) is 2.79. The lowest BCUT2D eigenvalue weighted by atomic mass is 10.2. The van der Waals surface area contributed by atoms with Crippen molar-refractivity contribution in [2.24, 2.45) is 5.73 Å². The van der Waals surface area contributed by atoms with Gasteiger partial charge in [-0.25, -0.2) is 12.9 Å². The van der Waals surface area contributed by atoms with E-state index in [0.717, 1.165) is 12.8 Å². The van der Waals surface area contributed by atoms with Gasteiger partial charge in [0.2, 0.25) is 0 Å². The third-order valence-corrected chi connectivity index (χ3v) is 4.33. The predicted molar refractivity (Wildman–Crippen MR) is 64.5 cm³/mol. The zero-order valence-corrected chi connectivity index (χ0v) is 10.0. The number of hydrogen-bond donors (Lipinski definition) is 2. The highest BCUT2D eigenvalue weighted by atomic mass is 32.2. The Morgan fingerprint density at radius 3 is 2.71 bits per heavy atom. The van der Waals surface area contributed by atoms with Crippen molar-refractivity contribution < 1.29 is 8.60 Å². The van der Waals surface area contributed by atoms with Crippen molar-refractivity contribution in [2.75, 3.05) is 6.54 Å². The van der Waals surface area contributed by atoms with Crippen molar-refractivity contribution in [3.05, 3.63) is 30.1 Å². The second kappa shape index (κ2) is 4.93. The third kappa shape index (κ3) is 2.53. The van der Waals surface area contributed by atoms with Gasteiger partial charge >= 0.3 is 0 Å². The summed E-state index contributed by atoms with van der Waals surface area (Å²) in [6.45, 7) is 0.647. The van der Waals surface area contributed by atoms with Crippen LogP contribution in [0.4, 0.5) is 4.39 Å². The quantitative estimate of drug-likeness (QED) is 0.630. The number of halogens is 1. The maximum Gasteiger partial charge on any atom is 0.128 e. The Labute approximate surface area is 102 Å². The number of rotatable bonds is 3. The first-order chi connectivity index (χ1) is 8.09. The molecule has 1 aromatic carbocycles. The first-order valence-electron chi connectivity index (χ1n) is 5.37. The molecule has 3 N–H and O–H groups in total. The van der Waals surface area contributed by atoms with Gasteiger partial charge in [0.25, 0.3) is 0 Å². The number of hydrogen-bond acceptors (Lipinski definition) is 2. The maximum atomic E-state index is 12.8. The summed E-state index contributed by atoms with van der Waals surface area (Å²) in [7, 11) is -1.37. The number of nitrogens with zero attached hydrogens (tertiary/aromatic N) is 1. The molecule has 1 aliphatic heterocycles. The van der Waals surface area contributed by atoms with E-state index in [2.05, 4.69) is 0 Å². The van der Waals surface area contributed by atoms with Crippen LogP contribution < -0.4 is 5.73 Å². The first-order valence-corrected chi connectivity index (χ1v) is 6.48. The summed E-state index contributed by atoms with van der Waals surface area (Å²) in [5, 5.41) is 7.45. The number of amidine groups is 1. The minimum absolute atomic E-state index is 0.0398. The molecule has 2 unspecified atom stereocenters. The van der Waals surface area contributed by atoms with Crippen molar-refractivity contribution in [1.29, 1.82) is 5.41 Å². The highest BCUT2D eigenvalue weighted by Gasteiger charge is 2.31. The molecular weight excluding hydrogens is 241 g/mol. The fraction of sp³-hybridized carbons (Fsp3) is 0.364. The number of benzene rings is 1. The van der Waals surface area contributed by atoms with Crippen LogP contribution in [0.5, 0.6) is 0 Å². The van der Waals surface area contributed by atoms with Gasteiger partial charge in [0.1, 0.15) is 22.6 Å². The van der Waals surface area contributed by atoms with E-state index in [4.69, 9.17) is 11.1 Å². The molecule has 0 saturated carbocycles. The largest absolute Gasteiger partial charge is 0.386 e. The lowest BCUT2D eigenvalue weighted by Crippen LogP contribution is -2.40. The fourth-order valence-electron chi connectivity index (χ4n) is 1.94. The molecule has 1 saturated heterocycles. The minimum atomic E-state index is -1.37. The second-order valence-electron chi connectivity index (χ2n) is 3.96. The lowest BCUT2D eigenvalue weighted by molar-refractivity contribution is 0.487. The van der Waals surface area contributed by atoms with Gasteiger partial charge in [0, 0.05) is 6.54 Å². The second-order valence-corrected chi connectivity index (χ2v) is 5.40. The predicted octanol–water partition coefficient (Wildman–Crippen LogP) is 1.25. The van der Waals surface area contributed by atoms with Gasteiger partial charge in [0.15, 0.2) is 0 Å². The molecule has 4 nitrogen and oxygen atoms in total. The van der Waals surface area contributed by atoms with Gasteiger partial charge in [-0.3, -0.25) is 5.41 Å². The average molecular weight is 255 g/mol. The molecule has 1 fully saturated rings. The molecule has 1 aliphatic rings. The SMILES string of the molecule is N=C(N)C1CCCN1S(=O)c1ccc(F)cc1. The summed E-state index contributed by atoms with van der Waals surface area (Å²) in [5.41, 5.74) is 5.48. The van der Waals surface area contributed by atoms with E-state index < -0.39 is 11.0 Å². The van der Waals surface area contributed by atoms with Crippen LogP contribution in [0.1, 0.15) is 12.8 Å². The molecule has 2 atom stereocenters. The normalized spacial score (nSPS) is 22.5. The molecule has 0 aromatic heterocycles. The summed E-state index contributed by atoms with van der Waals surface area (Å²) in [6, 6.07) is 5.31. The molecule has 6 heteroatoms. The minimum Gasteiger partial charge on any atom is -0.386 e. The van der Waals surface area contributed by atoms with Crippen molar-refractivity contribution in [3.8, 4) is 0 Å². The Hall–Kier alpha value is -1.27. The Balaban J connectivity index is 2.19. The van der Waals surface area contributed by atoms with Crippen LogP contribution >= 0.6 is 0 Å². The zero-order valence-electron chi connectivity index (χ0n) is 9.23. The average Bonchev–Trinajstić information content (AvgIpc) is 2.78. The molecule has 0 spiro atoms. The van der Waals surface area contributed by atoms with E-state index >= 15 is 0 Å². The summed E-state index contributed by atoms with van der Waals surface area (Å²) < 4.78 is 26.7. The van der Waals surface area contributed by atoms with E-state index in [-0.39, 0.29) is 17.7 Å². The maximum absolute atomic E-state index is 12.8. The standard InChI is InChI=1S/C11H14FN3OS/c12-8-3-5-9(6-4-8)17(16)15-7-1-2-10(15)11(13)14/h3-6,10H,1-2,7H2,(H3,13,14). The van der Waals surface area contributed by atoms with E-state index in [1.54, 1.807) is 4.31 Å². The van der Waals surface area contributed by atoms with Crippen LogP contribution in [0.25, 0.3) is 0 Å². The van der Waals surface area contributed by atoms with Crippen LogP contribution in [0.2, 0.25) is 0 Å². The molecule has 0 radical (unpaired) electrons. The summed E-state index contributed by atoms with van der Waals surface area (Å²) in [6.07, 6.45) is 1.62. The van der Waals surface area contributed by atoms with Crippen LogP contribution in [0.3, 0.4) is 0 Å². The Kier molecular flexibility index (Phi) is 3.54. The summed E-state index contributed by atoms with van der Waals surface area (Å²) in [4.78, 5) is 0.541. The molecule has 2 rings (SSSR count). The van der Waals surface area contributed by atoms with Crippen LogP contribution in [-0.2, 0) is 11.0 Å². The van der Waals surface area contributed by atoms with Crippen LogP contribution in [-0.4, -0.2) is 26.9 Å². The van der Waals surface area contributed by atoms with Crippen molar-refractivity contribution in [1.82, 2.24) is 4.31 Å². The smallest absolute Gasteiger partial charge is 0.128 e. The lowest BCUT2D eigenvalue weighted by Gasteiger charge is -2.21. The van der Waals surface area contributed by atoms with Gasteiger partial charge in [-0.15, -0.1) is 0 Å². The van der Waals surface area contributed by atoms with Crippen LogP contribution in [0, 0.1) is 11.2 Å². The summed E-state index contributed by atoms with van der Waals surface area (Å²) in [5.74, 6) is -0.312. The Morgan fingerprint density at radius 2 is 2.12 bits per heavy atom. The van der Waals surface area contributed by atoms with Crippen molar-refractivity contribution in [2.45, 2.75) is 23.8 Å². The van der Waals surface area contributed by atoms with Gasteiger partial charge < -0.3 is 5.73 Å². The molecular formula is C11H14FN3OS. The Bertz CT molecular complexity index is 449. The Morgan fingerprint density at radius 1 is 1.47 bits per heavy atom. The zero-order chi connectivity index (χ0) is 12.4. The number of nitrogens with two attached hydrogens (primary N) is 1. The molecule has 1 heterocycles. The molecule has 0 amide bonds. The molecule has 0 bridgehead atoms. The van der Waals surface area contributed by atoms with E-state index in [1.807, 2.05) is 0 Å². The molecule has 0 aliphatic carbocycles. The van der Waals surface area contributed by atoms with Gasteiger partial charge in [-0.1, -0.05) is 0 Å². The number of nitrogens with one attached hydrogen (secondary N) is 1. The monoisotopic (exact) mass is 255 g/mol. The van der Waals surface area contributed by atoms with Crippen LogP contribution in [0.15, 0.2) is 29.2 Å². The first kappa shape index (κ1) is 12.2. The highest BCUT2D eigenvalue weighted by molar-refractivity contribution is 7.82. The van der Waals surface area contributed by atoms with Crippen molar-refractivity contribution in [3.63, 3.8) is 0 Å². The van der Waals surface area contributed by atoms with Gasteiger partial charge in [-0.05, 0) is 37.1 Å². The highest BCUT2D eigenvalue weighted by Crippen LogP contribution is 2.23. The van der Waals surface area contributed by atoms with E-state index in [9.17, 15) is 8.60 Å². The molecule has 1 aromatic rings. The van der Waals surface area contributed by atoms with E-state index in [0.29, 0.717) is 11.4 Å².